The Hall–Kier alpha value is -6.59. The molecule has 10 aromatic rings. The molecule has 0 spiro atoms. The highest BCUT2D eigenvalue weighted by Gasteiger charge is 2.17. The molecular weight excluding hydrogens is 589 g/mol. The lowest BCUT2D eigenvalue weighted by molar-refractivity contribution is 0.668. The molecule has 0 bridgehead atoms. The lowest BCUT2D eigenvalue weighted by Crippen LogP contribution is -2.00. The standard InChI is InChI=1S/C43H26N4O/c1-3-11-27(12-4-1)41-44-42(28-13-5-2-6-14-28)46-43(45-41)31-19-21-34-35-22-20-32(26-40(35)48-39(34)25-31)47-37-18-10-9-17-33(37)36-23-29-15-7-8-16-30(29)24-38(36)47/h1-26H. The number of para-hydroxylation sites is 1. The normalized spacial score (nSPS) is 11.8. The van der Waals surface area contributed by atoms with Crippen molar-refractivity contribution >= 4 is 54.5 Å². The van der Waals surface area contributed by atoms with Crippen molar-refractivity contribution in [2.75, 3.05) is 0 Å². The highest BCUT2D eigenvalue weighted by Crippen LogP contribution is 2.38. The summed E-state index contributed by atoms with van der Waals surface area (Å²) in [4.78, 5) is 14.7. The van der Waals surface area contributed by atoms with Crippen LogP contribution in [0.15, 0.2) is 162 Å². The summed E-state index contributed by atoms with van der Waals surface area (Å²) in [6.45, 7) is 0. The van der Waals surface area contributed by atoms with E-state index in [1.807, 2.05) is 66.7 Å². The first-order chi connectivity index (χ1) is 23.8. The van der Waals surface area contributed by atoms with E-state index in [-0.39, 0.29) is 0 Å². The zero-order chi connectivity index (χ0) is 31.6. The smallest absolute Gasteiger partial charge is 0.164 e. The van der Waals surface area contributed by atoms with E-state index in [9.17, 15) is 0 Å². The van der Waals surface area contributed by atoms with Gasteiger partial charge in [-0.3, -0.25) is 0 Å². The van der Waals surface area contributed by atoms with Crippen LogP contribution in [0.2, 0.25) is 0 Å². The number of rotatable bonds is 4. The number of nitrogens with zero attached hydrogens (tertiary/aromatic N) is 4. The molecule has 0 aliphatic carbocycles. The molecule has 0 saturated heterocycles. The quantitative estimate of drug-likeness (QED) is 0.198. The Morgan fingerprint density at radius 1 is 0.375 bits per heavy atom. The lowest BCUT2D eigenvalue weighted by atomic mass is 10.1. The summed E-state index contributed by atoms with van der Waals surface area (Å²) < 4.78 is 8.94. The van der Waals surface area contributed by atoms with Crippen molar-refractivity contribution in [2.45, 2.75) is 0 Å². The van der Waals surface area contributed by atoms with Crippen LogP contribution in [0, 0.1) is 0 Å². The number of benzene rings is 7. The van der Waals surface area contributed by atoms with E-state index in [1.54, 1.807) is 0 Å². The fraction of sp³-hybridized carbons (Fsp3) is 0. The largest absolute Gasteiger partial charge is 0.456 e. The fourth-order valence-electron chi connectivity index (χ4n) is 6.91. The van der Waals surface area contributed by atoms with Crippen molar-refractivity contribution in [3.8, 4) is 39.9 Å². The van der Waals surface area contributed by atoms with Crippen LogP contribution in [0.1, 0.15) is 0 Å². The number of furan rings is 1. The second-order valence-corrected chi connectivity index (χ2v) is 12.1. The van der Waals surface area contributed by atoms with Crippen molar-refractivity contribution in [1.82, 2.24) is 19.5 Å². The average molecular weight is 615 g/mol. The van der Waals surface area contributed by atoms with Gasteiger partial charge in [0.15, 0.2) is 17.5 Å². The number of hydrogen-bond donors (Lipinski definition) is 0. The summed E-state index contributed by atoms with van der Waals surface area (Å²) in [6.07, 6.45) is 0. The molecule has 0 atom stereocenters. The van der Waals surface area contributed by atoms with Crippen molar-refractivity contribution in [3.63, 3.8) is 0 Å². The molecule has 7 aromatic carbocycles. The molecule has 3 aromatic heterocycles. The van der Waals surface area contributed by atoms with E-state index >= 15 is 0 Å². The zero-order valence-corrected chi connectivity index (χ0v) is 25.7. The first kappa shape index (κ1) is 26.6. The van der Waals surface area contributed by atoms with Gasteiger partial charge in [-0.1, -0.05) is 109 Å². The fourth-order valence-corrected chi connectivity index (χ4v) is 6.91. The van der Waals surface area contributed by atoms with Crippen LogP contribution in [0.5, 0.6) is 0 Å². The van der Waals surface area contributed by atoms with Crippen molar-refractivity contribution in [3.05, 3.63) is 158 Å². The summed E-state index contributed by atoms with van der Waals surface area (Å²) in [7, 11) is 0. The van der Waals surface area contributed by atoms with Gasteiger partial charge in [0.05, 0.1) is 11.0 Å². The Balaban J connectivity index is 1.13. The summed E-state index contributed by atoms with van der Waals surface area (Å²) in [5, 5.41) is 7.04. The molecular formula is C43H26N4O. The topological polar surface area (TPSA) is 56.7 Å². The minimum absolute atomic E-state index is 0.600. The molecule has 0 aliphatic heterocycles. The molecule has 0 unspecified atom stereocenters. The van der Waals surface area contributed by atoms with Crippen LogP contribution in [0.25, 0.3) is 94.4 Å². The van der Waals surface area contributed by atoms with Gasteiger partial charge in [-0.15, -0.1) is 0 Å². The number of fused-ring (bicyclic) bond motifs is 7. The maximum atomic E-state index is 6.59. The monoisotopic (exact) mass is 614 g/mol. The summed E-state index contributed by atoms with van der Waals surface area (Å²) >= 11 is 0. The third-order valence-corrected chi connectivity index (χ3v) is 9.21. The predicted molar refractivity (Wildman–Crippen MR) is 195 cm³/mol. The Kier molecular flexibility index (Phi) is 5.81. The average Bonchev–Trinajstić information content (AvgIpc) is 3.68. The molecule has 5 nitrogen and oxygen atoms in total. The van der Waals surface area contributed by atoms with Gasteiger partial charge < -0.3 is 8.98 Å². The number of hydrogen-bond acceptors (Lipinski definition) is 4. The SMILES string of the molecule is c1ccc(-c2nc(-c3ccccc3)nc(-c3ccc4c(c3)oc3cc(-n5c6ccccc6c6cc7ccccc7cc65)ccc34)n2)cc1. The molecule has 10 rings (SSSR count). The molecule has 3 heterocycles. The van der Waals surface area contributed by atoms with Crippen molar-refractivity contribution in [1.29, 1.82) is 0 Å². The van der Waals surface area contributed by atoms with Crippen LogP contribution < -0.4 is 0 Å². The van der Waals surface area contributed by atoms with Gasteiger partial charge in [0.1, 0.15) is 11.2 Å². The Morgan fingerprint density at radius 3 is 1.65 bits per heavy atom. The van der Waals surface area contributed by atoms with Crippen molar-refractivity contribution in [2.24, 2.45) is 0 Å². The first-order valence-corrected chi connectivity index (χ1v) is 16.0. The lowest BCUT2D eigenvalue weighted by Gasteiger charge is -2.08. The van der Waals surface area contributed by atoms with Gasteiger partial charge in [0, 0.05) is 50.0 Å². The molecule has 5 heteroatoms. The second-order valence-electron chi connectivity index (χ2n) is 12.1. The molecule has 0 aliphatic rings. The molecule has 0 fully saturated rings. The van der Waals surface area contributed by atoms with Crippen LogP contribution in [-0.2, 0) is 0 Å². The van der Waals surface area contributed by atoms with E-state index in [1.165, 1.54) is 32.6 Å². The van der Waals surface area contributed by atoms with Crippen LogP contribution >= 0.6 is 0 Å². The van der Waals surface area contributed by atoms with Crippen LogP contribution in [0.3, 0.4) is 0 Å². The highest BCUT2D eigenvalue weighted by atomic mass is 16.3. The van der Waals surface area contributed by atoms with Gasteiger partial charge in [0.2, 0.25) is 0 Å². The van der Waals surface area contributed by atoms with Crippen molar-refractivity contribution < 1.29 is 4.42 Å². The third kappa shape index (κ3) is 4.22. The molecule has 0 amide bonds. The molecule has 48 heavy (non-hydrogen) atoms. The Morgan fingerprint density at radius 2 is 0.938 bits per heavy atom. The van der Waals surface area contributed by atoms with E-state index in [4.69, 9.17) is 19.4 Å². The molecule has 224 valence electrons. The van der Waals surface area contributed by atoms with Gasteiger partial charge in [-0.05, 0) is 53.2 Å². The predicted octanol–water partition coefficient (Wildman–Crippen LogP) is 11.0. The van der Waals surface area contributed by atoms with E-state index in [0.717, 1.165) is 44.3 Å². The van der Waals surface area contributed by atoms with Gasteiger partial charge in [0.25, 0.3) is 0 Å². The second kappa shape index (κ2) is 10.5. The van der Waals surface area contributed by atoms with E-state index < -0.39 is 0 Å². The van der Waals surface area contributed by atoms with Crippen LogP contribution in [0.4, 0.5) is 0 Å². The summed E-state index contributed by atoms with van der Waals surface area (Å²) in [5.41, 5.74) is 7.76. The maximum Gasteiger partial charge on any atom is 0.164 e. The molecule has 0 saturated carbocycles. The third-order valence-electron chi connectivity index (χ3n) is 9.21. The van der Waals surface area contributed by atoms with E-state index in [2.05, 4.69) is 95.6 Å². The molecule has 0 radical (unpaired) electrons. The zero-order valence-electron chi connectivity index (χ0n) is 25.7. The summed E-state index contributed by atoms with van der Waals surface area (Å²) in [5.74, 6) is 1.86. The van der Waals surface area contributed by atoms with Crippen LogP contribution in [-0.4, -0.2) is 19.5 Å². The Labute approximate surface area is 275 Å². The minimum Gasteiger partial charge on any atom is -0.456 e. The number of aromatic nitrogens is 4. The first-order valence-electron chi connectivity index (χ1n) is 16.0. The maximum absolute atomic E-state index is 6.59. The van der Waals surface area contributed by atoms with Gasteiger partial charge in [-0.2, -0.15) is 0 Å². The highest BCUT2D eigenvalue weighted by molar-refractivity contribution is 6.14. The summed E-state index contributed by atoms with van der Waals surface area (Å²) in [6, 6.07) is 54.6. The van der Waals surface area contributed by atoms with E-state index in [0.29, 0.717) is 17.5 Å². The Bertz CT molecular complexity index is 2780. The minimum atomic E-state index is 0.600. The van der Waals surface area contributed by atoms with Gasteiger partial charge in [-0.25, -0.2) is 15.0 Å². The molecule has 0 N–H and O–H groups in total. The van der Waals surface area contributed by atoms with Gasteiger partial charge >= 0.3 is 0 Å².